The zero-order chi connectivity index (χ0) is 15.6. The molecule has 0 aliphatic carbocycles. The molecule has 0 fully saturated rings. The van der Waals surface area contributed by atoms with Crippen LogP contribution in [0.1, 0.15) is 18.4 Å². The number of benzene rings is 2. The maximum Gasteiger partial charge on any atom is 0.224 e. The third-order valence-electron chi connectivity index (χ3n) is 3.08. The van der Waals surface area contributed by atoms with Gasteiger partial charge in [0.2, 0.25) is 5.91 Å². The highest BCUT2D eigenvalue weighted by molar-refractivity contribution is 5.90. The Balaban J connectivity index is 1.70. The van der Waals surface area contributed by atoms with Gasteiger partial charge in [-0.1, -0.05) is 30.3 Å². The van der Waals surface area contributed by atoms with Gasteiger partial charge >= 0.3 is 0 Å². The Morgan fingerprint density at radius 2 is 1.91 bits per heavy atom. The topological polar surface area (TPSA) is 47.6 Å². The highest BCUT2D eigenvalue weighted by Gasteiger charge is 2.03. The number of amides is 1. The minimum atomic E-state index is -0.00812. The Morgan fingerprint density at radius 1 is 1.09 bits per heavy atom. The van der Waals surface area contributed by atoms with Crippen LogP contribution in [0.5, 0.6) is 5.75 Å². The lowest BCUT2D eigenvalue weighted by molar-refractivity contribution is -0.116. The van der Waals surface area contributed by atoms with Crippen LogP contribution in [0.25, 0.3) is 0 Å². The van der Waals surface area contributed by atoms with E-state index >= 15 is 0 Å². The number of methoxy groups -OCH3 is 1. The second kappa shape index (κ2) is 8.85. The maximum atomic E-state index is 11.9. The molecule has 1 amide bonds. The van der Waals surface area contributed by atoms with E-state index in [9.17, 15) is 4.79 Å². The van der Waals surface area contributed by atoms with Gasteiger partial charge in [-0.2, -0.15) is 0 Å². The van der Waals surface area contributed by atoms with Gasteiger partial charge in [-0.3, -0.25) is 4.79 Å². The van der Waals surface area contributed by atoms with Crippen LogP contribution in [0.3, 0.4) is 0 Å². The van der Waals surface area contributed by atoms with Gasteiger partial charge in [0.25, 0.3) is 0 Å². The largest absolute Gasteiger partial charge is 0.494 e. The molecular weight excluding hydrogens is 278 g/mol. The van der Waals surface area contributed by atoms with E-state index < -0.39 is 0 Å². The van der Waals surface area contributed by atoms with Crippen LogP contribution in [-0.2, 0) is 16.1 Å². The fraction of sp³-hybridized carbons (Fsp3) is 0.278. The summed E-state index contributed by atoms with van der Waals surface area (Å²) >= 11 is 0. The summed E-state index contributed by atoms with van der Waals surface area (Å²) in [5.74, 6) is 0.821. The first kappa shape index (κ1) is 16.0. The number of hydrogen-bond acceptors (Lipinski definition) is 3. The zero-order valence-electron chi connectivity index (χ0n) is 12.7. The molecule has 0 aliphatic rings. The van der Waals surface area contributed by atoms with E-state index in [0.717, 1.165) is 17.0 Å². The lowest BCUT2D eigenvalue weighted by Gasteiger charge is -2.08. The number of anilines is 1. The highest BCUT2D eigenvalue weighted by Crippen LogP contribution is 2.12. The van der Waals surface area contributed by atoms with Gasteiger partial charge in [0.1, 0.15) is 5.75 Å². The molecule has 0 radical (unpaired) electrons. The van der Waals surface area contributed by atoms with Gasteiger partial charge in [0.05, 0.1) is 13.2 Å². The summed E-state index contributed by atoms with van der Waals surface area (Å²) in [7, 11) is 1.65. The third kappa shape index (κ3) is 5.58. The molecule has 4 heteroatoms. The molecule has 0 saturated carbocycles. The van der Waals surface area contributed by atoms with Crippen molar-refractivity contribution >= 4 is 11.6 Å². The highest BCUT2D eigenvalue weighted by atomic mass is 16.5. The van der Waals surface area contributed by atoms with Crippen LogP contribution in [0.15, 0.2) is 54.6 Å². The normalized spacial score (nSPS) is 10.2. The standard InChI is InChI=1S/C18H21NO3/c1-21-14-15-7-5-8-16(13-15)19-18(20)11-6-12-22-17-9-3-2-4-10-17/h2-5,7-10,13H,6,11-12,14H2,1H3,(H,19,20). The first-order chi connectivity index (χ1) is 10.8. The summed E-state index contributed by atoms with van der Waals surface area (Å²) in [6, 6.07) is 17.3. The summed E-state index contributed by atoms with van der Waals surface area (Å²) in [5, 5.41) is 2.89. The maximum absolute atomic E-state index is 11.9. The predicted octanol–water partition coefficient (Wildman–Crippen LogP) is 3.63. The second-order valence-electron chi connectivity index (χ2n) is 4.95. The van der Waals surface area contributed by atoms with Crippen molar-refractivity contribution in [3.05, 3.63) is 60.2 Å². The Kier molecular flexibility index (Phi) is 6.45. The van der Waals surface area contributed by atoms with Crippen LogP contribution < -0.4 is 10.1 Å². The summed E-state index contributed by atoms with van der Waals surface area (Å²) in [6.07, 6.45) is 1.11. The van der Waals surface area contributed by atoms with Gasteiger partial charge in [-0.15, -0.1) is 0 Å². The van der Waals surface area contributed by atoms with Crippen LogP contribution >= 0.6 is 0 Å². The molecule has 0 aliphatic heterocycles. The van der Waals surface area contributed by atoms with Crippen molar-refractivity contribution in [2.24, 2.45) is 0 Å². The van der Waals surface area contributed by atoms with Crippen LogP contribution in [0.4, 0.5) is 5.69 Å². The molecule has 0 spiro atoms. The van der Waals surface area contributed by atoms with Crippen molar-refractivity contribution in [2.75, 3.05) is 19.0 Å². The molecule has 1 N–H and O–H groups in total. The number of carbonyl (C=O) groups excluding carboxylic acids is 1. The molecule has 0 unspecified atom stereocenters. The van der Waals surface area contributed by atoms with E-state index in [4.69, 9.17) is 9.47 Å². The molecule has 0 saturated heterocycles. The second-order valence-corrected chi connectivity index (χ2v) is 4.95. The molecule has 0 aromatic heterocycles. The molecular formula is C18H21NO3. The molecule has 22 heavy (non-hydrogen) atoms. The minimum Gasteiger partial charge on any atom is -0.494 e. The van der Waals surface area contributed by atoms with Gasteiger partial charge in [-0.05, 0) is 36.2 Å². The lowest BCUT2D eigenvalue weighted by atomic mass is 10.2. The Morgan fingerprint density at radius 3 is 2.68 bits per heavy atom. The van der Waals surface area contributed by atoms with E-state index in [-0.39, 0.29) is 5.91 Å². The molecule has 2 aromatic carbocycles. The van der Waals surface area contributed by atoms with E-state index in [1.807, 2.05) is 54.6 Å². The van der Waals surface area contributed by atoms with Gasteiger partial charge in [0, 0.05) is 19.2 Å². The SMILES string of the molecule is COCc1cccc(NC(=O)CCCOc2ccccc2)c1. The Hall–Kier alpha value is -2.33. The quantitative estimate of drug-likeness (QED) is 0.757. The molecule has 0 atom stereocenters. The Bertz CT molecular complexity index is 584. The van der Waals surface area contributed by atoms with Crippen LogP contribution in [0.2, 0.25) is 0 Å². The minimum absolute atomic E-state index is 0.00812. The van der Waals surface area contributed by atoms with Crippen molar-refractivity contribution in [1.29, 1.82) is 0 Å². The molecule has 0 bridgehead atoms. The fourth-order valence-corrected chi connectivity index (χ4v) is 2.07. The molecule has 4 nitrogen and oxygen atoms in total. The number of ether oxygens (including phenoxy) is 2. The number of para-hydroxylation sites is 1. The molecule has 0 heterocycles. The predicted molar refractivity (Wildman–Crippen MR) is 87.0 cm³/mol. The molecule has 116 valence electrons. The van der Waals surface area contributed by atoms with Crippen molar-refractivity contribution in [3.8, 4) is 5.75 Å². The van der Waals surface area contributed by atoms with Crippen molar-refractivity contribution in [3.63, 3.8) is 0 Å². The summed E-state index contributed by atoms with van der Waals surface area (Å²) in [4.78, 5) is 11.9. The number of hydrogen-bond donors (Lipinski definition) is 1. The van der Waals surface area contributed by atoms with Crippen LogP contribution in [-0.4, -0.2) is 19.6 Å². The average Bonchev–Trinajstić information content (AvgIpc) is 2.53. The smallest absolute Gasteiger partial charge is 0.224 e. The zero-order valence-corrected chi connectivity index (χ0v) is 12.7. The molecule has 2 rings (SSSR count). The van der Waals surface area contributed by atoms with Crippen molar-refractivity contribution < 1.29 is 14.3 Å². The van der Waals surface area contributed by atoms with Gasteiger partial charge in [0.15, 0.2) is 0 Å². The number of carbonyl (C=O) groups is 1. The molecule has 2 aromatic rings. The number of nitrogens with one attached hydrogen (secondary N) is 1. The first-order valence-electron chi connectivity index (χ1n) is 7.33. The van der Waals surface area contributed by atoms with Gasteiger partial charge < -0.3 is 14.8 Å². The van der Waals surface area contributed by atoms with Crippen molar-refractivity contribution in [1.82, 2.24) is 0 Å². The van der Waals surface area contributed by atoms with Crippen LogP contribution in [0, 0.1) is 0 Å². The van der Waals surface area contributed by atoms with E-state index in [1.54, 1.807) is 7.11 Å². The first-order valence-corrected chi connectivity index (χ1v) is 7.33. The van der Waals surface area contributed by atoms with Crippen molar-refractivity contribution in [2.45, 2.75) is 19.4 Å². The van der Waals surface area contributed by atoms with Gasteiger partial charge in [-0.25, -0.2) is 0 Å². The summed E-state index contributed by atoms with van der Waals surface area (Å²) in [6.45, 7) is 1.07. The summed E-state index contributed by atoms with van der Waals surface area (Å²) in [5.41, 5.74) is 1.83. The van der Waals surface area contributed by atoms with E-state index in [2.05, 4.69) is 5.32 Å². The van der Waals surface area contributed by atoms with E-state index in [0.29, 0.717) is 26.1 Å². The Labute approximate surface area is 131 Å². The lowest BCUT2D eigenvalue weighted by Crippen LogP contribution is -2.13. The monoisotopic (exact) mass is 299 g/mol. The number of rotatable bonds is 8. The fourth-order valence-electron chi connectivity index (χ4n) is 2.07. The third-order valence-corrected chi connectivity index (χ3v) is 3.08. The average molecular weight is 299 g/mol. The summed E-state index contributed by atoms with van der Waals surface area (Å²) < 4.78 is 10.6. The van der Waals surface area contributed by atoms with E-state index in [1.165, 1.54) is 0 Å².